The van der Waals surface area contributed by atoms with E-state index in [1.165, 1.54) is 11.3 Å². The van der Waals surface area contributed by atoms with E-state index in [4.69, 9.17) is 11.6 Å². The number of hydrogen-bond donors (Lipinski definition) is 0. The smallest absolute Gasteiger partial charge is 0.222 e. The molecule has 0 spiro atoms. The molecule has 1 aromatic heterocycles. The second-order valence-corrected chi connectivity index (χ2v) is 12.6. The summed E-state index contributed by atoms with van der Waals surface area (Å²) in [5.41, 5.74) is 0.813. The van der Waals surface area contributed by atoms with Gasteiger partial charge in [-0.3, -0.25) is 9.59 Å². The number of carbonyl (C=O) groups is 2. The van der Waals surface area contributed by atoms with Gasteiger partial charge >= 0.3 is 0 Å². The lowest BCUT2D eigenvalue weighted by Crippen LogP contribution is -2.28. The number of carbonyl (C=O) groups excluding carboxylic acids is 2. The summed E-state index contributed by atoms with van der Waals surface area (Å²) in [4.78, 5) is 31.8. The average Bonchev–Trinajstić information content (AvgIpc) is 3.42. The van der Waals surface area contributed by atoms with Crippen molar-refractivity contribution in [3.63, 3.8) is 0 Å². The summed E-state index contributed by atoms with van der Waals surface area (Å²) in [5.74, 6) is 0.0303. The summed E-state index contributed by atoms with van der Waals surface area (Å²) < 4.78 is 25.6. The fourth-order valence-corrected chi connectivity index (χ4v) is 6.99. The Morgan fingerprint density at radius 2 is 1.94 bits per heavy atom. The van der Waals surface area contributed by atoms with Crippen LogP contribution in [0.3, 0.4) is 0 Å². The van der Waals surface area contributed by atoms with Gasteiger partial charge in [0.15, 0.2) is 9.84 Å². The molecule has 2 aliphatic rings. The predicted octanol–water partition coefficient (Wildman–Crippen LogP) is 4.28. The van der Waals surface area contributed by atoms with Crippen LogP contribution in [0.25, 0.3) is 0 Å². The van der Waals surface area contributed by atoms with Crippen molar-refractivity contribution in [2.75, 3.05) is 13.1 Å². The first kappa shape index (κ1) is 23.4. The molecule has 1 aromatic carbocycles. The summed E-state index contributed by atoms with van der Waals surface area (Å²) in [6.45, 7) is 3.24. The molecule has 1 saturated carbocycles. The molecule has 0 unspecified atom stereocenters. The number of aromatic nitrogens is 1. The van der Waals surface area contributed by atoms with Crippen molar-refractivity contribution in [2.45, 2.75) is 61.5 Å². The Bertz CT molecular complexity index is 1090. The fourth-order valence-electron chi connectivity index (χ4n) is 4.36. The molecule has 2 atom stereocenters. The van der Waals surface area contributed by atoms with Crippen LogP contribution in [0.5, 0.6) is 0 Å². The second kappa shape index (κ2) is 9.61. The molecule has 4 rings (SSSR count). The number of hydrogen-bond acceptors (Lipinski definition) is 6. The summed E-state index contributed by atoms with van der Waals surface area (Å²) in [6.07, 6.45) is 5.15. The van der Waals surface area contributed by atoms with Gasteiger partial charge in [-0.05, 0) is 49.3 Å². The Labute approximate surface area is 197 Å². The summed E-state index contributed by atoms with van der Waals surface area (Å²) in [5, 5.41) is 0.410. The number of amides is 1. The molecule has 172 valence electrons. The van der Waals surface area contributed by atoms with Crippen molar-refractivity contribution in [3.05, 3.63) is 45.4 Å². The van der Waals surface area contributed by atoms with Crippen molar-refractivity contribution < 1.29 is 18.0 Å². The first-order valence-corrected chi connectivity index (χ1v) is 13.8. The van der Waals surface area contributed by atoms with Crippen LogP contribution in [-0.2, 0) is 25.8 Å². The molecule has 9 heteroatoms. The molecule has 6 nitrogen and oxygen atoms in total. The maximum atomic E-state index is 13.3. The van der Waals surface area contributed by atoms with E-state index >= 15 is 0 Å². The van der Waals surface area contributed by atoms with E-state index in [-0.39, 0.29) is 35.2 Å². The van der Waals surface area contributed by atoms with Crippen LogP contribution in [0.1, 0.15) is 55.5 Å². The first-order chi connectivity index (χ1) is 15.3. The van der Waals surface area contributed by atoms with E-state index in [1.54, 1.807) is 30.5 Å². The molecule has 0 radical (unpaired) electrons. The third kappa shape index (κ3) is 5.24. The summed E-state index contributed by atoms with van der Waals surface area (Å²) >= 11 is 7.27. The van der Waals surface area contributed by atoms with E-state index in [2.05, 4.69) is 4.98 Å². The van der Waals surface area contributed by atoms with Gasteiger partial charge < -0.3 is 4.90 Å². The normalized spacial score (nSPS) is 19.8. The Kier molecular flexibility index (Phi) is 7.03. The molecule has 1 amide bonds. The largest absolute Gasteiger partial charge is 0.342 e. The highest BCUT2D eigenvalue weighted by molar-refractivity contribution is 7.92. The van der Waals surface area contributed by atoms with Gasteiger partial charge in [-0.1, -0.05) is 30.7 Å². The van der Waals surface area contributed by atoms with Crippen LogP contribution in [0, 0.1) is 5.92 Å². The van der Waals surface area contributed by atoms with Gasteiger partial charge in [0.1, 0.15) is 15.1 Å². The molecule has 2 heterocycles. The van der Waals surface area contributed by atoms with Gasteiger partial charge in [-0.15, -0.1) is 11.3 Å². The van der Waals surface area contributed by atoms with Crippen LogP contribution in [0.4, 0.5) is 0 Å². The van der Waals surface area contributed by atoms with Crippen molar-refractivity contribution in [1.29, 1.82) is 0 Å². The van der Waals surface area contributed by atoms with Crippen molar-refractivity contribution in [2.24, 2.45) is 5.92 Å². The van der Waals surface area contributed by atoms with Gasteiger partial charge in [0, 0.05) is 25.4 Å². The lowest BCUT2D eigenvalue weighted by molar-refractivity contribution is -0.129. The molecule has 2 fully saturated rings. The van der Waals surface area contributed by atoms with E-state index in [0.717, 1.165) is 31.4 Å². The molecule has 1 saturated heterocycles. The molecule has 0 bridgehead atoms. The SMILES string of the molecule is CCC(=O)N1CC[C@H](C[C@@H](C(=O)Cc2ncc(Cl)s2)c2ccc(S(=O)(=O)C3CC3)cc2)C1. The standard InChI is InChI=1S/C23H27ClN2O4S2/c1-2-23(28)26-10-9-15(14-26)11-19(20(27)12-22-25-13-21(24)31-22)16-3-5-17(6-4-16)32(29,30)18-7-8-18/h3-6,13,15,18-19H,2,7-12,14H2,1H3/t15-,19-/m1/s1. The topological polar surface area (TPSA) is 84.4 Å². The highest BCUT2D eigenvalue weighted by Gasteiger charge is 2.37. The van der Waals surface area contributed by atoms with Crippen molar-refractivity contribution in [1.82, 2.24) is 9.88 Å². The molecule has 1 aliphatic carbocycles. The van der Waals surface area contributed by atoms with E-state index < -0.39 is 9.84 Å². The highest BCUT2D eigenvalue weighted by atomic mass is 35.5. The van der Waals surface area contributed by atoms with Gasteiger partial charge in [-0.2, -0.15) is 0 Å². The lowest BCUT2D eigenvalue weighted by atomic mass is 9.84. The Hall–Kier alpha value is -1.77. The number of Topliss-reactive ketones (excluding diaryl/α,β-unsaturated/α-hetero) is 1. The van der Waals surface area contributed by atoms with Crippen LogP contribution in [-0.4, -0.2) is 48.3 Å². The quantitative estimate of drug-likeness (QED) is 0.519. The number of sulfone groups is 1. The van der Waals surface area contributed by atoms with Crippen molar-refractivity contribution >= 4 is 44.5 Å². The zero-order chi connectivity index (χ0) is 22.9. The summed E-state index contributed by atoms with van der Waals surface area (Å²) in [7, 11) is -3.27. The number of benzene rings is 1. The molecular formula is C23H27ClN2O4S2. The number of rotatable bonds is 9. The van der Waals surface area contributed by atoms with Gasteiger partial charge in [0.25, 0.3) is 0 Å². The maximum Gasteiger partial charge on any atom is 0.222 e. The zero-order valence-corrected chi connectivity index (χ0v) is 20.4. The number of nitrogens with zero attached hydrogens (tertiary/aromatic N) is 2. The third-order valence-corrected chi connectivity index (χ3v) is 9.72. The average molecular weight is 495 g/mol. The minimum atomic E-state index is -3.27. The van der Waals surface area contributed by atoms with Crippen LogP contribution in [0.2, 0.25) is 4.34 Å². The van der Waals surface area contributed by atoms with Gasteiger partial charge in [0.2, 0.25) is 5.91 Å². The third-order valence-electron chi connectivity index (χ3n) is 6.32. The maximum absolute atomic E-state index is 13.3. The number of likely N-dealkylation sites (tertiary alicyclic amines) is 1. The van der Waals surface area contributed by atoms with Crippen LogP contribution in [0.15, 0.2) is 35.4 Å². The van der Waals surface area contributed by atoms with Crippen LogP contribution < -0.4 is 0 Å². The highest BCUT2D eigenvalue weighted by Crippen LogP contribution is 2.36. The molecule has 2 aromatic rings. The minimum absolute atomic E-state index is 0.0362. The first-order valence-electron chi connectivity index (χ1n) is 11.0. The Morgan fingerprint density at radius 1 is 1.22 bits per heavy atom. The van der Waals surface area contributed by atoms with Crippen molar-refractivity contribution in [3.8, 4) is 0 Å². The fraction of sp³-hybridized carbons (Fsp3) is 0.522. The minimum Gasteiger partial charge on any atom is -0.342 e. The molecule has 32 heavy (non-hydrogen) atoms. The summed E-state index contributed by atoms with van der Waals surface area (Å²) in [6, 6.07) is 6.81. The molecule has 1 aliphatic heterocycles. The molecule has 0 N–H and O–H groups in total. The van der Waals surface area contributed by atoms with E-state index in [0.29, 0.717) is 33.6 Å². The second-order valence-electron chi connectivity index (χ2n) is 8.65. The lowest BCUT2D eigenvalue weighted by Gasteiger charge is -2.21. The number of ketones is 1. The van der Waals surface area contributed by atoms with E-state index in [9.17, 15) is 18.0 Å². The van der Waals surface area contributed by atoms with E-state index in [1.807, 2.05) is 11.8 Å². The molecular weight excluding hydrogens is 468 g/mol. The number of thiazole rings is 1. The Balaban J connectivity index is 1.54. The van der Waals surface area contributed by atoms with Gasteiger partial charge in [0.05, 0.1) is 22.8 Å². The Morgan fingerprint density at radius 3 is 2.53 bits per heavy atom. The van der Waals surface area contributed by atoms with Crippen LogP contribution >= 0.6 is 22.9 Å². The number of halogens is 1. The van der Waals surface area contributed by atoms with Gasteiger partial charge in [-0.25, -0.2) is 13.4 Å². The zero-order valence-electron chi connectivity index (χ0n) is 18.0. The monoisotopic (exact) mass is 494 g/mol. The predicted molar refractivity (Wildman–Crippen MR) is 125 cm³/mol.